The van der Waals surface area contributed by atoms with Gasteiger partial charge in [0.1, 0.15) is 0 Å². The molecule has 0 radical (unpaired) electrons. The summed E-state index contributed by atoms with van der Waals surface area (Å²) in [6.07, 6.45) is 3.65. The van der Waals surface area contributed by atoms with Gasteiger partial charge in [0.15, 0.2) is 0 Å². The Hall–Kier alpha value is -1.30. The van der Waals surface area contributed by atoms with Gasteiger partial charge in [-0.2, -0.15) is 0 Å². The molecule has 2 rings (SSSR count). The van der Waals surface area contributed by atoms with Crippen LogP contribution in [0.4, 0.5) is 4.79 Å². The average Bonchev–Trinajstić information content (AvgIpc) is 2.34. The van der Waals surface area contributed by atoms with Crippen molar-refractivity contribution in [1.82, 2.24) is 15.1 Å². The number of urea groups is 1. The molecule has 0 unspecified atom stereocenters. The average molecular weight is 269 g/mol. The largest absolute Gasteiger partial charge is 0.480 e. The summed E-state index contributed by atoms with van der Waals surface area (Å²) in [7, 11) is 0. The maximum absolute atomic E-state index is 12.0. The number of carbonyl (C=O) groups excluding carboxylic acids is 1. The summed E-state index contributed by atoms with van der Waals surface area (Å²) < 4.78 is 0. The number of carbonyl (C=O) groups is 2. The smallest absolute Gasteiger partial charge is 0.317 e. The third-order valence-corrected chi connectivity index (χ3v) is 4.25. The highest BCUT2D eigenvalue weighted by molar-refractivity contribution is 5.74. The van der Waals surface area contributed by atoms with Crippen LogP contribution in [0.2, 0.25) is 0 Å². The first-order valence-electron chi connectivity index (χ1n) is 6.95. The van der Waals surface area contributed by atoms with Crippen molar-refractivity contribution >= 4 is 12.0 Å². The Labute approximate surface area is 113 Å². The second kappa shape index (κ2) is 5.77. The van der Waals surface area contributed by atoms with Gasteiger partial charge in [-0.05, 0) is 18.3 Å². The fourth-order valence-corrected chi connectivity index (χ4v) is 2.66. The Morgan fingerprint density at radius 3 is 2.32 bits per heavy atom. The van der Waals surface area contributed by atoms with Crippen molar-refractivity contribution in [1.29, 1.82) is 0 Å². The molecule has 1 aliphatic heterocycles. The summed E-state index contributed by atoms with van der Waals surface area (Å²) in [5, 5.41) is 11.7. The second-order valence-corrected chi connectivity index (χ2v) is 5.98. The minimum atomic E-state index is -0.809. The zero-order valence-electron chi connectivity index (χ0n) is 11.5. The Morgan fingerprint density at radius 1 is 1.21 bits per heavy atom. The van der Waals surface area contributed by atoms with Crippen LogP contribution in [0.15, 0.2) is 0 Å². The lowest BCUT2D eigenvalue weighted by Gasteiger charge is -2.39. The lowest BCUT2D eigenvalue weighted by Crippen LogP contribution is -2.54. The predicted octanol–water partition coefficient (Wildman–Crippen LogP) is 0.588. The molecule has 2 N–H and O–H groups in total. The van der Waals surface area contributed by atoms with E-state index < -0.39 is 5.97 Å². The van der Waals surface area contributed by atoms with Gasteiger partial charge in [-0.3, -0.25) is 9.69 Å². The molecular formula is C13H23N3O3. The lowest BCUT2D eigenvalue weighted by atomic mass is 9.70. The molecule has 2 aliphatic rings. The first-order chi connectivity index (χ1) is 8.98. The number of nitrogens with zero attached hydrogens (tertiary/aromatic N) is 2. The predicted molar refractivity (Wildman–Crippen MR) is 71.0 cm³/mol. The first-order valence-corrected chi connectivity index (χ1v) is 6.95. The molecule has 1 aliphatic carbocycles. The van der Waals surface area contributed by atoms with Crippen molar-refractivity contribution in [2.75, 3.05) is 39.3 Å². The highest BCUT2D eigenvalue weighted by atomic mass is 16.4. The fraction of sp³-hybridized carbons (Fsp3) is 0.846. The van der Waals surface area contributed by atoms with Crippen LogP contribution in [0.1, 0.15) is 26.2 Å². The lowest BCUT2D eigenvalue weighted by molar-refractivity contribution is -0.138. The third kappa shape index (κ3) is 3.83. The monoisotopic (exact) mass is 269 g/mol. The molecule has 1 heterocycles. The van der Waals surface area contributed by atoms with Crippen LogP contribution in [-0.4, -0.2) is 66.2 Å². The molecule has 0 aromatic rings. The maximum Gasteiger partial charge on any atom is 0.317 e. The molecule has 108 valence electrons. The van der Waals surface area contributed by atoms with E-state index in [0.717, 1.165) is 6.54 Å². The minimum Gasteiger partial charge on any atom is -0.480 e. The van der Waals surface area contributed by atoms with Crippen molar-refractivity contribution in [3.05, 3.63) is 0 Å². The molecule has 19 heavy (non-hydrogen) atoms. The minimum absolute atomic E-state index is 0.0110. The van der Waals surface area contributed by atoms with Gasteiger partial charge in [0.05, 0.1) is 6.54 Å². The standard InChI is InChI=1S/C13H23N3O3/c1-13(3-2-4-13)10-14-12(19)16-7-5-15(6-8-16)9-11(17)18/h2-10H2,1H3,(H,14,19)(H,17,18). The van der Waals surface area contributed by atoms with Crippen LogP contribution in [0.5, 0.6) is 0 Å². The van der Waals surface area contributed by atoms with Gasteiger partial charge in [-0.15, -0.1) is 0 Å². The molecule has 0 aromatic heterocycles. The molecule has 2 amide bonds. The molecule has 0 spiro atoms. The zero-order valence-corrected chi connectivity index (χ0v) is 11.5. The van der Waals surface area contributed by atoms with Gasteiger partial charge in [-0.1, -0.05) is 13.3 Å². The Balaban J connectivity index is 1.68. The Morgan fingerprint density at radius 2 is 1.84 bits per heavy atom. The van der Waals surface area contributed by atoms with E-state index >= 15 is 0 Å². The van der Waals surface area contributed by atoms with Gasteiger partial charge < -0.3 is 15.3 Å². The van der Waals surface area contributed by atoms with Crippen LogP contribution in [0.25, 0.3) is 0 Å². The summed E-state index contributed by atoms with van der Waals surface area (Å²) in [5.74, 6) is -0.809. The number of amides is 2. The van der Waals surface area contributed by atoms with E-state index in [9.17, 15) is 9.59 Å². The van der Waals surface area contributed by atoms with E-state index in [1.165, 1.54) is 19.3 Å². The van der Waals surface area contributed by atoms with Crippen LogP contribution in [0, 0.1) is 5.41 Å². The van der Waals surface area contributed by atoms with Crippen LogP contribution >= 0.6 is 0 Å². The summed E-state index contributed by atoms with van der Waals surface area (Å²) >= 11 is 0. The Bertz CT molecular complexity index is 347. The maximum atomic E-state index is 12.0. The second-order valence-electron chi connectivity index (χ2n) is 5.98. The van der Waals surface area contributed by atoms with Crippen LogP contribution in [-0.2, 0) is 4.79 Å². The quantitative estimate of drug-likeness (QED) is 0.783. The number of aliphatic carboxylic acids is 1. The van der Waals surface area contributed by atoms with E-state index in [1.807, 2.05) is 4.90 Å². The Kier molecular flexibility index (Phi) is 4.29. The van der Waals surface area contributed by atoms with Crippen LogP contribution < -0.4 is 5.32 Å². The summed E-state index contributed by atoms with van der Waals surface area (Å²) in [6, 6.07) is -0.0110. The molecule has 0 atom stereocenters. The zero-order chi connectivity index (χ0) is 13.9. The number of piperazine rings is 1. The van der Waals surface area contributed by atoms with E-state index in [4.69, 9.17) is 5.11 Å². The van der Waals surface area contributed by atoms with E-state index in [0.29, 0.717) is 31.6 Å². The van der Waals surface area contributed by atoms with Crippen molar-refractivity contribution in [3.63, 3.8) is 0 Å². The van der Waals surface area contributed by atoms with Gasteiger partial charge in [0.2, 0.25) is 0 Å². The summed E-state index contributed by atoms with van der Waals surface area (Å²) in [6.45, 7) is 5.51. The number of hydrogen-bond donors (Lipinski definition) is 2. The highest BCUT2D eigenvalue weighted by Crippen LogP contribution is 2.39. The topological polar surface area (TPSA) is 72.9 Å². The summed E-state index contributed by atoms with van der Waals surface area (Å²) in [4.78, 5) is 26.2. The fourth-order valence-electron chi connectivity index (χ4n) is 2.66. The molecule has 6 nitrogen and oxygen atoms in total. The number of rotatable bonds is 4. The van der Waals surface area contributed by atoms with Crippen molar-refractivity contribution in [3.8, 4) is 0 Å². The first kappa shape index (κ1) is 14.1. The molecule has 1 saturated heterocycles. The van der Waals surface area contributed by atoms with Gasteiger partial charge in [-0.25, -0.2) is 4.79 Å². The van der Waals surface area contributed by atoms with E-state index in [-0.39, 0.29) is 12.6 Å². The van der Waals surface area contributed by atoms with E-state index in [1.54, 1.807) is 4.90 Å². The van der Waals surface area contributed by atoms with Gasteiger partial charge in [0, 0.05) is 32.7 Å². The number of nitrogens with one attached hydrogen (secondary N) is 1. The third-order valence-electron chi connectivity index (χ3n) is 4.25. The number of carboxylic acid groups (broad SMARTS) is 1. The highest BCUT2D eigenvalue weighted by Gasteiger charge is 2.32. The van der Waals surface area contributed by atoms with Crippen LogP contribution in [0.3, 0.4) is 0 Å². The van der Waals surface area contributed by atoms with Crippen molar-refractivity contribution in [2.45, 2.75) is 26.2 Å². The van der Waals surface area contributed by atoms with Crippen molar-refractivity contribution in [2.24, 2.45) is 5.41 Å². The van der Waals surface area contributed by atoms with Gasteiger partial charge in [0.25, 0.3) is 0 Å². The number of hydrogen-bond acceptors (Lipinski definition) is 3. The normalized spacial score (nSPS) is 22.7. The van der Waals surface area contributed by atoms with Gasteiger partial charge >= 0.3 is 12.0 Å². The SMILES string of the molecule is CC1(CNC(=O)N2CCN(CC(=O)O)CC2)CCC1. The summed E-state index contributed by atoms with van der Waals surface area (Å²) in [5.41, 5.74) is 0.292. The number of carboxylic acids is 1. The molecule has 2 fully saturated rings. The van der Waals surface area contributed by atoms with E-state index in [2.05, 4.69) is 12.2 Å². The molecule has 1 saturated carbocycles. The van der Waals surface area contributed by atoms with Crippen molar-refractivity contribution < 1.29 is 14.7 Å². The molecule has 6 heteroatoms. The molecular weight excluding hydrogens is 246 g/mol. The molecule has 0 bridgehead atoms. The molecule has 0 aromatic carbocycles.